The van der Waals surface area contributed by atoms with Crippen LogP contribution in [-0.2, 0) is 4.79 Å². The molecule has 4 nitrogen and oxygen atoms in total. The second kappa shape index (κ2) is 8.10. The lowest BCUT2D eigenvalue weighted by Gasteiger charge is -2.31. The summed E-state index contributed by atoms with van der Waals surface area (Å²) in [5.41, 5.74) is 7.05. The molecule has 3 N–H and O–H groups in total. The fraction of sp³-hybridized carbons (Fsp3) is 0.500. The van der Waals surface area contributed by atoms with Gasteiger partial charge in [-0.2, -0.15) is 0 Å². The fourth-order valence-corrected chi connectivity index (χ4v) is 2.53. The molecule has 1 unspecified atom stereocenters. The number of rotatable bonds is 7. The number of amides is 1. The highest BCUT2D eigenvalue weighted by atomic mass is 32.1. The normalized spacial score (nSPS) is 12.5. The Morgan fingerprint density at radius 3 is 2.48 bits per heavy atom. The molecule has 0 saturated heterocycles. The monoisotopic (exact) mass is 307 g/mol. The lowest BCUT2D eigenvalue weighted by Crippen LogP contribution is -2.46. The van der Waals surface area contributed by atoms with Crippen molar-refractivity contribution in [2.24, 2.45) is 5.73 Å². The number of nitrogens with one attached hydrogen (secondary N) is 1. The van der Waals surface area contributed by atoms with Crippen molar-refractivity contribution >= 4 is 28.8 Å². The molecule has 0 saturated carbocycles. The van der Waals surface area contributed by atoms with Gasteiger partial charge in [-0.1, -0.05) is 31.3 Å². The van der Waals surface area contributed by atoms with Crippen LogP contribution in [0, 0.1) is 0 Å². The highest BCUT2D eigenvalue weighted by molar-refractivity contribution is 7.80. The lowest BCUT2D eigenvalue weighted by atomic mass is 10.1. The molecule has 1 amide bonds. The molecule has 0 heterocycles. The molecule has 21 heavy (non-hydrogen) atoms. The summed E-state index contributed by atoms with van der Waals surface area (Å²) in [6.07, 6.45) is 1.01. The molecule has 0 spiro atoms. The van der Waals surface area contributed by atoms with Crippen molar-refractivity contribution in [2.75, 3.05) is 11.9 Å². The van der Waals surface area contributed by atoms with Crippen LogP contribution in [0.15, 0.2) is 24.3 Å². The van der Waals surface area contributed by atoms with Crippen molar-refractivity contribution in [3.8, 4) is 0 Å². The number of carbonyl (C=O) groups is 1. The van der Waals surface area contributed by atoms with Gasteiger partial charge in [-0.3, -0.25) is 9.69 Å². The molecule has 1 rings (SSSR count). The Bertz CT molecular complexity index is 502. The van der Waals surface area contributed by atoms with E-state index in [2.05, 4.69) is 31.0 Å². The third kappa shape index (κ3) is 4.79. The molecule has 116 valence electrons. The third-order valence-corrected chi connectivity index (χ3v) is 3.69. The zero-order valence-electron chi connectivity index (χ0n) is 13.2. The second-order valence-corrected chi connectivity index (χ2v) is 5.85. The van der Waals surface area contributed by atoms with E-state index < -0.39 is 0 Å². The van der Waals surface area contributed by atoms with Crippen molar-refractivity contribution in [1.29, 1.82) is 0 Å². The van der Waals surface area contributed by atoms with Gasteiger partial charge in [0.25, 0.3) is 0 Å². The van der Waals surface area contributed by atoms with Gasteiger partial charge in [0, 0.05) is 11.6 Å². The van der Waals surface area contributed by atoms with Crippen molar-refractivity contribution in [1.82, 2.24) is 4.90 Å². The van der Waals surface area contributed by atoms with Gasteiger partial charge in [-0.05, 0) is 45.9 Å². The smallest absolute Gasteiger partial charge is 0.241 e. The average molecular weight is 307 g/mol. The first kappa shape index (κ1) is 17.6. The number of nitrogens with two attached hydrogens (primary N) is 1. The van der Waals surface area contributed by atoms with Crippen molar-refractivity contribution in [3.05, 3.63) is 29.8 Å². The number of hydrogen-bond acceptors (Lipinski definition) is 3. The van der Waals surface area contributed by atoms with Gasteiger partial charge >= 0.3 is 0 Å². The summed E-state index contributed by atoms with van der Waals surface area (Å²) in [6.45, 7) is 9.13. The van der Waals surface area contributed by atoms with E-state index in [1.807, 2.05) is 31.2 Å². The molecule has 1 atom stereocenters. The molecule has 0 aliphatic carbocycles. The molecule has 1 aromatic carbocycles. The standard InChI is InChI=1S/C16H25N3OS/c1-5-10-19(11(2)3)12(4)16(20)18-14-9-7-6-8-13(14)15(17)21/h6-9,11-12H,5,10H2,1-4H3,(H2,17,21)(H,18,20). The number of hydrogen-bond donors (Lipinski definition) is 2. The molecular formula is C16H25N3OS. The van der Waals surface area contributed by atoms with E-state index in [4.69, 9.17) is 18.0 Å². The SMILES string of the molecule is CCCN(C(C)C)C(C)C(=O)Nc1ccccc1C(N)=S. The zero-order valence-corrected chi connectivity index (χ0v) is 14.0. The lowest BCUT2D eigenvalue weighted by molar-refractivity contribution is -0.121. The first-order valence-electron chi connectivity index (χ1n) is 7.33. The maximum atomic E-state index is 12.5. The predicted molar refractivity (Wildman–Crippen MR) is 92.6 cm³/mol. The number of thiocarbonyl (C=S) groups is 1. The Morgan fingerprint density at radius 1 is 1.33 bits per heavy atom. The Hall–Kier alpha value is -1.46. The number of anilines is 1. The first-order chi connectivity index (χ1) is 9.88. The predicted octanol–water partition coefficient (Wildman–Crippen LogP) is 2.77. The summed E-state index contributed by atoms with van der Waals surface area (Å²) in [7, 11) is 0. The highest BCUT2D eigenvalue weighted by Gasteiger charge is 2.23. The zero-order chi connectivity index (χ0) is 16.0. The molecule has 0 bridgehead atoms. The topological polar surface area (TPSA) is 58.4 Å². The Kier molecular flexibility index (Phi) is 6.78. The van der Waals surface area contributed by atoms with Crippen molar-refractivity contribution < 1.29 is 4.79 Å². The van der Waals surface area contributed by atoms with E-state index in [0.717, 1.165) is 13.0 Å². The number of para-hydroxylation sites is 1. The minimum atomic E-state index is -0.204. The molecule has 0 aromatic heterocycles. The van der Waals surface area contributed by atoms with E-state index >= 15 is 0 Å². The quantitative estimate of drug-likeness (QED) is 0.761. The van der Waals surface area contributed by atoms with Crippen LogP contribution in [0.1, 0.15) is 39.7 Å². The summed E-state index contributed by atoms with van der Waals surface area (Å²) in [5, 5.41) is 2.94. The Balaban J connectivity index is 2.87. The Labute approximate surface area is 132 Å². The maximum Gasteiger partial charge on any atom is 0.241 e. The molecule has 0 aliphatic heterocycles. The van der Waals surface area contributed by atoms with Crippen LogP contribution in [-0.4, -0.2) is 34.4 Å². The maximum absolute atomic E-state index is 12.5. The van der Waals surface area contributed by atoms with Gasteiger partial charge in [0.1, 0.15) is 4.99 Å². The molecule has 0 aliphatic rings. The van der Waals surface area contributed by atoms with Crippen LogP contribution >= 0.6 is 12.2 Å². The van der Waals surface area contributed by atoms with Crippen molar-refractivity contribution in [3.63, 3.8) is 0 Å². The first-order valence-corrected chi connectivity index (χ1v) is 7.74. The molecule has 0 fully saturated rings. The molecule has 5 heteroatoms. The highest BCUT2D eigenvalue weighted by Crippen LogP contribution is 2.16. The molecular weight excluding hydrogens is 282 g/mol. The number of nitrogens with zero attached hydrogens (tertiary/aromatic N) is 1. The van der Waals surface area contributed by atoms with Crippen LogP contribution in [0.25, 0.3) is 0 Å². The van der Waals surface area contributed by atoms with Crippen LogP contribution in [0.4, 0.5) is 5.69 Å². The van der Waals surface area contributed by atoms with Gasteiger partial charge in [0.2, 0.25) is 5.91 Å². The minimum absolute atomic E-state index is 0.0409. The average Bonchev–Trinajstić information content (AvgIpc) is 2.44. The summed E-state index contributed by atoms with van der Waals surface area (Å²) >= 11 is 5.02. The summed E-state index contributed by atoms with van der Waals surface area (Å²) < 4.78 is 0. The van der Waals surface area contributed by atoms with Gasteiger partial charge in [0.05, 0.1) is 11.7 Å². The molecule has 1 aromatic rings. The van der Waals surface area contributed by atoms with Crippen LogP contribution in [0.3, 0.4) is 0 Å². The van der Waals surface area contributed by atoms with Crippen LogP contribution in [0.5, 0.6) is 0 Å². The second-order valence-electron chi connectivity index (χ2n) is 5.41. The van der Waals surface area contributed by atoms with E-state index in [1.54, 1.807) is 0 Å². The van der Waals surface area contributed by atoms with Gasteiger partial charge in [-0.25, -0.2) is 0 Å². The number of carbonyl (C=O) groups excluding carboxylic acids is 1. The van der Waals surface area contributed by atoms with E-state index in [1.165, 1.54) is 0 Å². The summed E-state index contributed by atoms with van der Waals surface area (Å²) in [4.78, 5) is 14.9. The Morgan fingerprint density at radius 2 is 1.95 bits per heavy atom. The number of benzene rings is 1. The van der Waals surface area contributed by atoms with Crippen molar-refractivity contribution in [2.45, 2.75) is 46.2 Å². The largest absolute Gasteiger partial charge is 0.389 e. The van der Waals surface area contributed by atoms with Gasteiger partial charge in [-0.15, -0.1) is 0 Å². The van der Waals surface area contributed by atoms with Gasteiger partial charge in [0.15, 0.2) is 0 Å². The van der Waals surface area contributed by atoms with Gasteiger partial charge < -0.3 is 11.1 Å². The third-order valence-electron chi connectivity index (χ3n) is 3.47. The van der Waals surface area contributed by atoms with E-state index in [9.17, 15) is 4.79 Å². The molecule has 0 radical (unpaired) electrons. The fourth-order valence-electron chi connectivity index (χ4n) is 2.35. The van der Waals surface area contributed by atoms with E-state index in [0.29, 0.717) is 17.3 Å². The van der Waals surface area contributed by atoms with Crippen LogP contribution < -0.4 is 11.1 Å². The summed E-state index contributed by atoms with van der Waals surface area (Å²) in [5.74, 6) is -0.0409. The van der Waals surface area contributed by atoms with Crippen LogP contribution in [0.2, 0.25) is 0 Å². The van der Waals surface area contributed by atoms with E-state index in [-0.39, 0.29) is 16.9 Å². The minimum Gasteiger partial charge on any atom is -0.389 e. The summed E-state index contributed by atoms with van der Waals surface area (Å²) in [6, 6.07) is 7.45.